The molecule has 0 atom stereocenters. The zero-order valence-electron chi connectivity index (χ0n) is 9.95. The molecule has 0 aliphatic rings. The van der Waals surface area contributed by atoms with Gasteiger partial charge in [0.15, 0.2) is 0 Å². The summed E-state index contributed by atoms with van der Waals surface area (Å²) in [5.74, 6) is 0. The van der Waals surface area contributed by atoms with Crippen LogP contribution in [-0.2, 0) is 5.60 Å². The van der Waals surface area contributed by atoms with Crippen LogP contribution in [0.15, 0.2) is 12.1 Å². The van der Waals surface area contributed by atoms with Gasteiger partial charge in [-0.15, -0.1) is 0 Å². The first-order valence-electron chi connectivity index (χ1n) is 5.06. The SMILES string of the molecule is Cc1ccc(C(O)(C(F)(F)F)C(F)(F)F)c(N)c1C. The average molecular weight is 287 g/mol. The van der Waals surface area contributed by atoms with Crippen molar-refractivity contribution in [1.29, 1.82) is 0 Å². The van der Waals surface area contributed by atoms with E-state index in [0.29, 0.717) is 11.6 Å². The van der Waals surface area contributed by atoms with Crippen LogP contribution in [-0.4, -0.2) is 17.5 Å². The summed E-state index contributed by atoms with van der Waals surface area (Å²) in [5, 5.41) is 9.22. The first-order chi connectivity index (χ1) is 8.34. The fraction of sp³-hybridized carbons (Fsp3) is 0.455. The van der Waals surface area contributed by atoms with Gasteiger partial charge in [0.2, 0.25) is 0 Å². The van der Waals surface area contributed by atoms with Crippen molar-refractivity contribution in [3.05, 3.63) is 28.8 Å². The topological polar surface area (TPSA) is 46.2 Å². The number of nitrogen functional groups attached to an aromatic ring is 1. The fourth-order valence-electron chi connectivity index (χ4n) is 1.62. The minimum absolute atomic E-state index is 0.0597. The molecular weight excluding hydrogens is 276 g/mol. The maximum Gasteiger partial charge on any atom is 0.430 e. The van der Waals surface area contributed by atoms with Crippen molar-refractivity contribution in [3.63, 3.8) is 0 Å². The summed E-state index contributed by atoms with van der Waals surface area (Å²) in [6.07, 6.45) is -11.9. The molecule has 108 valence electrons. The summed E-state index contributed by atoms with van der Waals surface area (Å²) < 4.78 is 76.0. The van der Waals surface area contributed by atoms with Crippen molar-refractivity contribution in [2.45, 2.75) is 31.8 Å². The van der Waals surface area contributed by atoms with Crippen LogP contribution in [0, 0.1) is 13.8 Å². The molecule has 0 unspecified atom stereocenters. The molecule has 0 fully saturated rings. The van der Waals surface area contributed by atoms with Gasteiger partial charge in [-0.1, -0.05) is 12.1 Å². The van der Waals surface area contributed by atoms with Crippen LogP contribution in [0.25, 0.3) is 0 Å². The summed E-state index contributed by atoms with van der Waals surface area (Å²) in [5.41, 5.74) is -1.33. The van der Waals surface area contributed by atoms with E-state index in [0.717, 1.165) is 6.07 Å². The molecule has 0 bridgehead atoms. The standard InChI is InChI=1S/C11H11F6NO/c1-5-3-4-7(8(18)6(5)2)9(19,10(12,13)14)11(15,16)17/h3-4,19H,18H2,1-2H3. The molecule has 3 N–H and O–H groups in total. The van der Waals surface area contributed by atoms with Crippen molar-refractivity contribution in [2.24, 2.45) is 0 Å². The molecule has 1 aromatic rings. The zero-order valence-corrected chi connectivity index (χ0v) is 9.95. The lowest BCUT2D eigenvalue weighted by atomic mass is 9.88. The lowest BCUT2D eigenvalue weighted by molar-refractivity contribution is -0.376. The third-order valence-electron chi connectivity index (χ3n) is 3.00. The second kappa shape index (κ2) is 4.29. The van der Waals surface area contributed by atoms with E-state index in [-0.39, 0.29) is 5.56 Å². The van der Waals surface area contributed by atoms with Crippen LogP contribution in [0.2, 0.25) is 0 Å². The maximum absolute atomic E-state index is 12.7. The molecule has 0 saturated carbocycles. The summed E-state index contributed by atoms with van der Waals surface area (Å²) in [6, 6.07) is 1.59. The lowest BCUT2D eigenvalue weighted by Crippen LogP contribution is -2.54. The van der Waals surface area contributed by atoms with Gasteiger partial charge in [-0.2, -0.15) is 26.3 Å². The quantitative estimate of drug-likeness (QED) is 0.615. The number of anilines is 1. The second-order valence-electron chi connectivity index (χ2n) is 4.17. The maximum atomic E-state index is 12.7. The van der Waals surface area contributed by atoms with Crippen LogP contribution in [0.3, 0.4) is 0 Å². The van der Waals surface area contributed by atoms with Crippen LogP contribution < -0.4 is 5.73 Å². The van der Waals surface area contributed by atoms with Crippen molar-refractivity contribution < 1.29 is 31.4 Å². The summed E-state index contributed by atoms with van der Waals surface area (Å²) in [4.78, 5) is 0. The van der Waals surface area contributed by atoms with Gasteiger partial charge < -0.3 is 10.8 Å². The Bertz CT molecular complexity index is 477. The minimum atomic E-state index is -5.93. The van der Waals surface area contributed by atoms with Gasteiger partial charge in [-0.05, 0) is 25.0 Å². The molecule has 1 aromatic carbocycles. The molecule has 0 saturated heterocycles. The molecule has 2 nitrogen and oxygen atoms in total. The number of aryl methyl sites for hydroxylation is 1. The molecule has 0 spiro atoms. The number of nitrogens with two attached hydrogens (primary N) is 1. The number of halogens is 6. The number of rotatable bonds is 1. The molecular formula is C11H11F6NO. The van der Waals surface area contributed by atoms with Crippen molar-refractivity contribution in [1.82, 2.24) is 0 Å². The fourth-order valence-corrected chi connectivity index (χ4v) is 1.62. The van der Waals surface area contributed by atoms with Crippen LogP contribution in [0.5, 0.6) is 0 Å². The number of hydrogen-bond donors (Lipinski definition) is 2. The van der Waals surface area contributed by atoms with E-state index in [2.05, 4.69) is 0 Å². The molecule has 0 heterocycles. The molecule has 0 aliphatic carbocycles. The molecule has 19 heavy (non-hydrogen) atoms. The monoisotopic (exact) mass is 287 g/mol. The minimum Gasteiger partial charge on any atom is -0.398 e. The number of benzene rings is 1. The van der Waals surface area contributed by atoms with Crippen LogP contribution >= 0.6 is 0 Å². The predicted octanol–water partition coefficient (Wildman–Crippen LogP) is 3.20. The third-order valence-corrected chi connectivity index (χ3v) is 3.00. The molecule has 0 amide bonds. The highest BCUT2D eigenvalue weighted by atomic mass is 19.4. The van der Waals surface area contributed by atoms with Crippen molar-refractivity contribution >= 4 is 5.69 Å². The molecule has 0 aromatic heterocycles. The lowest BCUT2D eigenvalue weighted by Gasteiger charge is -2.34. The third kappa shape index (κ3) is 2.24. The first-order valence-corrected chi connectivity index (χ1v) is 5.06. The van der Waals surface area contributed by atoms with Gasteiger partial charge in [0.05, 0.1) is 0 Å². The van der Waals surface area contributed by atoms with Gasteiger partial charge in [-0.25, -0.2) is 0 Å². The van der Waals surface area contributed by atoms with E-state index in [1.165, 1.54) is 13.8 Å². The summed E-state index contributed by atoms with van der Waals surface area (Å²) in [6.45, 7) is 2.76. The Labute approximate surface area is 104 Å². The van der Waals surface area contributed by atoms with E-state index in [4.69, 9.17) is 5.73 Å². The van der Waals surface area contributed by atoms with E-state index >= 15 is 0 Å². The Hall–Kier alpha value is -1.44. The van der Waals surface area contributed by atoms with E-state index in [1.54, 1.807) is 0 Å². The Morgan fingerprint density at radius 3 is 1.74 bits per heavy atom. The van der Waals surface area contributed by atoms with E-state index in [1.807, 2.05) is 0 Å². The highest BCUT2D eigenvalue weighted by Gasteiger charge is 2.72. The number of hydrogen-bond acceptors (Lipinski definition) is 2. The Morgan fingerprint density at radius 2 is 1.37 bits per heavy atom. The smallest absolute Gasteiger partial charge is 0.398 e. The van der Waals surface area contributed by atoms with Gasteiger partial charge in [-0.3, -0.25) is 0 Å². The van der Waals surface area contributed by atoms with Gasteiger partial charge in [0.1, 0.15) is 0 Å². The molecule has 8 heteroatoms. The van der Waals surface area contributed by atoms with Gasteiger partial charge >= 0.3 is 12.4 Å². The first kappa shape index (κ1) is 15.6. The van der Waals surface area contributed by atoms with Crippen molar-refractivity contribution in [2.75, 3.05) is 5.73 Å². The largest absolute Gasteiger partial charge is 0.430 e. The number of aliphatic hydroxyl groups is 1. The second-order valence-corrected chi connectivity index (χ2v) is 4.17. The average Bonchev–Trinajstić information content (AvgIpc) is 2.22. The highest BCUT2D eigenvalue weighted by molar-refractivity contribution is 5.59. The van der Waals surface area contributed by atoms with Gasteiger partial charge in [0, 0.05) is 11.3 Å². The number of alkyl halides is 6. The van der Waals surface area contributed by atoms with E-state index in [9.17, 15) is 31.4 Å². The Morgan fingerprint density at radius 1 is 0.947 bits per heavy atom. The van der Waals surface area contributed by atoms with Crippen LogP contribution in [0.1, 0.15) is 16.7 Å². The summed E-state index contributed by atoms with van der Waals surface area (Å²) in [7, 11) is 0. The predicted molar refractivity (Wildman–Crippen MR) is 56.3 cm³/mol. The van der Waals surface area contributed by atoms with Crippen molar-refractivity contribution in [3.8, 4) is 0 Å². The van der Waals surface area contributed by atoms with Crippen LogP contribution in [0.4, 0.5) is 32.0 Å². The van der Waals surface area contributed by atoms with Gasteiger partial charge in [0.25, 0.3) is 5.60 Å². The molecule has 1 rings (SSSR count). The highest BCUT2D eigenvalue weighted by Crippen LogP contribution is 2.51. The van der Waals surface area contributed by atoms with E-state index < -0.39 is 29.2 Å². The normalized spacial score (nSPS) is 13.7. The Balaban J connectivity index is 3.67. The zero-order chi connectivity index (χ0) is 15.2. The Kier molecular flexibility index (Phi) is 3.53. The molecule has 0 aliphatic heterocycles. The summed E-state index contributed by atoms with van der Waals surface area (Å²) >= 11 is 0. The molecule has 0 radical (unpaired) electrons.